The van der Waals surface area contributed by atoms with Crippen LogP contribution in [0.4, 0.5) is 8.78 Å². The molecule has 45 heavy (non-hydrogen) atoms. The van der Waals surface area contributed by atoms with Gasteiger partial charge in [-0.1, -0.05) is 23.7 Å². The molecule has 2 heterocycles. The van der Waals surface area contributed by atoms with E-state index in [2.05, 4.69) is 4.98 Å². The predicted octanol–water partition coefficient (Wildman–Crippen LogP) is 7.92. The van der Waals surface area contributed by atoms with Gasteiger partial charge in [-0.05, 0) is 85.0 Å². The molecule has 1 spiro atoms. The molecule has 0 bridgehead atoms. The molecule has 1 unspecified atom stereocenters. The molecule has 7 nitrogen and oxygen atoms in total. The molecule has 1 aliphatic carbocycles. The Balaban J connectivity index is 1.24. The number of imidazole rings is 1. The van der Waals surface area contributed by atoms with E-state index in [4.69, 9.17) is 25.8 Å². The Hall–Kier alpha value is -4.47. The molecular weight excluding hydrogens is 602 g/mol. The number of hydrogen-bond donors (Lipinski definition) is 1. The number of hydrogen-bond acceptors (Lipinski definition) is 5. The molecule has 5 aromatic rings. The third-order valence-electron chi connectivity index (χ3n) is 8.58. The van der Waals surface area contributed by atoms with Crippen molar-refractivity contribution >= 4 is 28.6 Å². The van der Waals surface area contributed by atoms with Crippen molar-refractivity contribution in [3.63, 3.8) is 0 Å². The topological polar surface area (TPSA) is 82.8 Å². The average Bonchev–Trinajstić information content (AvgIpc) is 3.51. The van der Waals surface area contributed by atoms with Gasteiger partial charge in [0, 0.05) is 48.2 Å². The number of benzene rings is 4. The second kappa shape index (κ2) is 11.5. The molecule has 4 aromatic carbocycles. The highest BCUT2D eigenvalue weighted by Crippen LogP contribution is 2.52. The maximum atomic E-state index is 15.8. The molecule has 0 amide bonds. The number of carbonyl (C=O) groups is 1. The summed E-state index contributed by atoms with van der Waals surface area (Å²) in [6.07, 6.45) is 3.16. The van der Waals surface area contributed by atoms with E-state index < -0.39 is 23.4 Å². The Morgan fingerprint density at radius 1 is 1.07 bits per heavy atom. The number of para-hydroxylation sites is 1. The SMILES string of the molecule is COCCn1c(Cc2c(F)cc(-c3cccc4c3OC3(CCCCc5cc(Cl)ccc53)O4)cc2F)nc2ccc(C(=O)O)cc21. The lowest BCUT2D eigenvalue weighted by molar-refractivity contribution is -0.0929. The molecule has 230 valence electrons. The lowest BCUT2D eigenvalue weighted by atomic mass is 9.98. The zero-order valence-electron chi connectivity index (χ0n) is 24.4. The first-order chi connectivity index (χ1) is 21.8. The molecule has 0 saturated heterocycles. The van der Waals surface area contributed by atoms with Gasteiger partial charge in [0.05, 0.1) is 23.2 Å². The average molecular weight is 631 g/mol. The lowest BCUT2D eigenvalue weighted by Crippen LogP contribution is -2.35. The van der Waals surface area contributed by atoms with Crippen LogP contribution >= 0.6 is 11.6 Å². The number of aromatic nitrogens is 2. The van der Waals surface area contributed by atoms with E-state index in [-0.39, 0.29) is 17.5 Å². The van der Waals surface area contributed by atoms with E-state index >= 15 is 8.78 Å². The molecule has 1 aromatic heterocycles. The van der Waals surface area contributed by atoms with Crippen molar-refractivity contribution < 1.29 is 32.9 Å². The second-order valence-corrected chi connectivity index (χ2v) is 11.8. The summed E-state index contributed by atoms with van der Waals surface area (Å²) in [7, 11) is 1.54. The van der Waals surface area contributed by atoms with Gasteiger partial charge >= 0.3 is 5.97 Å². The van der Waals surface area contributed by atoms with Gasteiger partial charge in [0.2, 0.25) is 0 Å². The highest BCUT2D eigenvalue weighted by molar-refractivity contribution is 6.30. The quantitative estimate of drug-likeness (QED) is 0.197. The number of aryl methyl sites for hydroxylation is 1. The van der Waals surface area contributed by atoms with Crippen molar-refractivity contribution in [2.45, 2.75) is 44.4 Å². The lowest BCUT2D eigenvalue weighted by Gasteiger charge is -2.28. The summed E-state index contributed by atoms with van der Waals surface area (Å²) in [6, 6.07) is 18.2. The molecule has 1 atom stereocenters. The number of carboxylic acid groups (broad SMARTS) is 1. The van der Waals surface area contributed by atoms with E-state index in [1.54, 1.807) is 35.9 Å². The van der Waals surface area contributed by atoms with Crippen LogP contribution in [0.3, 0.4) is 0 Å². The number of halogens is 3. The van der Waals surface area contributed by atoms with Crippen LogP contribution in [0.2, 0.25) is 5.02 Å². The normalized spacial score (nSPS) is 17.1. The zero-order valence-corrected chi connectivity index (χ0v) is 25.2. The van der Waals surface area contributed by atoms with Crippen LogP contribution in [-0.2, 0) is 29.9 Å². The van der Waals surface area contributed by atoms with Gasteiger partial charge in [-0.25, -0.2) is 18.6 Å². The van der Waals surface area contributed by atoms with Gasteiger partial charge in [-0.2, -0.15) is 0 Å². The van der Waals surface area contributed by atoms with Gasteiger partial charge in [-0.15, -0.1) is 0 Å². The van der Waals surface area contributed by atoms with Crippen LogP contribution in [0.1, 0.15) is 52.1 Å². The van der Waals surface area contributed by atoms with Crippen molar-refractivity contribution in [1.29, 1.82) is 0 Å². The fraction of sp³-hybridized carbons (Fsp3) is 0.257. The summed E-state index contributed by atoms with van der Waals surface area (Å²) >= 11 is 6.30. The van der Waals surface area contributed by atoms with Gasteiger partial charge in [-0.3, -0.25) is 0 Å². The number of ether oxygens (including phenoxy) is 3. The number of carboxylic acids is 1. The van der Waals surface area contributed by atoms with Gasteiger partial charge in [0.1, 0.15) is 17.5 Å². The Labute approximate surface area is 262 Å². The Morgan fingerprint density at radius 3 is 2.67 bits per heavy atom. The van der Waals surface area contributed by atoms with Crippen molar-refractivity contribution in [3.05, 3.63) is 111 Å². The third-order valence-corrected chi connectivity index (χ3v) is 8.82. The zero-order chi connectivity index (χ0) is 31.3. The first-order valence-corrected chi connectivity index (χ1v) is 15.1. The maximum Gasteiger partial charge on any atom is 0.335 e. The standard InChI is InChI=1S/C35H29ClF2N2O5/c1-43-14-13-40-30-18-21(34(41)42)8-11-29(30)39-32(40)19-25-27(37)16-22(17-28(25)38)24-6-4-7-31-33(24)45-35(44-31)12-3-2-5-20-15-23(36)9-10-26(20)35/h4,6-11,15-18H,2-3,5,12-14,19H2,1H3,(H,41,42). The highest BCUT2D eigenvalue weighted by Gasteiger charge is 2.46. The fourth-order valence-electron chi connectivity index (χ4n) is 6.41. The molecule has 7 rings (SSSR count). The fourth-order valence-corrected chi connectivity index (χ4v) is 6.61. The molecule has 2 aliphatic rings. The summed E-state index contributed by atoms with van der Waals surface area (Å²) < 4.78 is 51.7. The molecule has 0 saturated carbocycles. The summed E-state index contributed by atoms with van der Waals surface area (Å²) in [4.78, 5) is 16.2. The summed E-state index contributed by atoms with van der Waals surface area (Å²) in [5.74, 6) is -2.26. The Kier molecular flexibility index (Phi) is 7.46. The smallest absolute Gasteiger partial charge is 0.335 e. The van der Waals surface area contributed by atoms with Crippen molar-refractivity contribution in [2.75, 3.05) is 13.7 Å². The second-order valence-electron chi connectivity index (χ2n) is 11.4. The number of rotatable bonds is 7. The van der Waals surface area contributed by atoms with E-state index in [0.29, 0.717) is 64.1 Å². The largest absolute Gasteiger partial charge is 0.478 e. The predicted molar refractivity (Wildman–Crippen MR) is 165 cm³/mol. The highest BCUT2D eigenvalue weighted by atomic mass is 35.5. The number of aromatic carboxylic acids is 1. The van der Waals surface area contributed by atoms with Crippen molar-refractivity contribution in [1.82, 2.24) is 9.55 Å². The minimum Gasteiger partial charge on any atom is -0.478 e. The molecule has 1 N–H and O–H groups in total. The van der Waals surface area contributed by atoms with E-state index in [1.165, 1.54) is 24.3 Å². The monoisotopic (exact) mass is 630 g/mol. The van der Waals surface area contributed by atoms with Crippen molar-refractivity contribution in [3.8, 4) is 22.6 Å². The van der Waals surface area contributed by atoms with Crippen LogP contribution in [0.15, 0.2) is 66.7 Å². The van der Waals surface area contributed by atoms with E-state index in [1.807, 2.05) is 18.2 Å². The van der Waals surface area contributed by atoms with Crippen LogP contribution in [0, 0.1) is 11.6 Å². The molecule has 0 radical (unpaired) electrons. The van der Waals surface area contributed by atoms with Crippen LogP contribution in [0.5, 0.6) is 11.5 Å². The minimum absolute atomic E-state index is 0.0915. The van der Waals surface area contributed by atoms with Crippen LogP contribution in [0.25, 0.3) is 22.2 Å². The van der Waals surface area contributed by atoms with E-state index in [0.717, 1.165) is 30.4 Å². The Morgan fingerprint density at radius 2 is 1.89 bits per heavy atom. The summed E-state index contributed by atoms with van der Waals surface area (Å²) in [6.45, 7) is 0.636. The molecule has 0 fully saturated rings. The van der Waals surface area contributed by atoms with Gasteiger partial charge in [0.15, 0.2) is 11.5 Å². The summed E-state index contributed by atoms with van der Waals surface area (Å²) in [5.41, 5.74) is 3.81. The molecule has 1 aliphatic heterocycles. The number of methoxy groups -OCH3 is 1. The number of nitrogens with zero attached hydrogens (tertiary/aromatic N) is 2. The minimum atomic E-state index is -1.08. The van der Waals surface area contributed by atoms with Gasteiger partial charge in [0.25, 0.3) is 5.79 Å². The Bertz CT molecular complexity index is 1950. The van der Waals surface area contributed by atoms with E-state index in [9.17, 15) is 9.90 Å². The van der Waals surface area contributed by atoms with Crippen LogP contribution < -0.4 is 9.47 Å². The molecule has 10 heteroatoms. The molecular formula is C35H29ClF2N2O5. The van der Waals surface area contributed by atoms with Crippen molar-refractivity contribution in [2.24, 2.45) is 0 Å². The van der Waals surface area contributed by atoms with Gasteiger partial charge < -0.3 is 23.9 Å². The first kappa shape index (κ1) is 29.3. The number of fused-ring (bicyclic) bond motifs is 4. The maximum absolute atomic E-state index is 15.8. The summed E-state index contributed by atoms with van der Waals surface area (Å²) in [5, 5.41) is 10.1. The third kappa shape index (κ3) is 5.19. The first-order valence-electron chi connectivity index (χ1n) is 14.8. The van der Waals surface area contributed by atoms with Crippen LogP contribution in [-0.4, -0.2) is 34.3 Å².